The number of carbonyl (C=O) groups is 1. The smallest absolute Gasteiger partial charge is 0.241 e. The van der Waals surface area contributed by atoms with E-state index in [0.717, 1.165) is 18.2 Å². The minimum absolute atomic E-state index is 0.0164. The predicted molar refractivity (Wildman–Crippen MR) is 79.0 cm³/mol. The highest BCUT2D eigenvalue weighted by Gasteiger charge is 2.42. The number of carbonyl (C=O) groups excluding carboxylic acids is 1. The van der Waals surface area contributed by atoms with E-state index in [2.05, 4.69) is 10.6 Å². The Morgan fingerprint density at radius 2 is 1.95 bits per heavy atom. The summed E-state index contributed by atoms with van der Waals surface area (Å²) >= 11 is 0. The van der Waals surface area contributed by atoms with Gasteiger partial charge in [-0.15, -0.1) is 0 Å². The lowest BCUT2D eigenvalue weighted by Gasteiger charge is -2.17. The summed E-state index contributed by atoms with van der Waals surface area (Å²) in [5.74, 6) is 1.41. The Bertz CT molecular complexity index is 404. The number of nitrogens with one attached hydrogen (secondary N) is 2. The Kier molecular flexibility index (Phi) is 4.97. The van der Waals surface area contributed by atoms with Crippen molar-refractivity contribution in [1.82, 2.24) is 5.32 Å². The second-order valence-electron chi connectivity index (χ2n) is 5.10. The molecule has 1 saturated heterocycles. The molecule has 0 aromatic heterocycles. The molecule has 3 atom stereocenters. The number of amides is 1. The van der Waals surface area contributed by atoms with E-state index >= 15 is 0 Å². The third-order valence-corrected chi connectivity index (χ3v) is 4.07. The summed E-state index contributed by atoms with van der Waals surface area (Å²) in [5.41, 5.74) is 0.890. The van der Waals surface area contributed by atoms with Crippen LogP contribution in [0.15, 0.2) is 30.3 Å². The molecule has 3 nitrogen and oxygen atoms in total. The van der Waals surface area contributed by atoms with E-state index in [1.165, 1.54) is 19.3 Å². The van der Waals surface area contributed by atoms with Crippen LogP contribution in [0.1, 0.15) is 33.1 Å². The first kappa shape index (κ1) is 14.1. The second-order valence-corrected chi connectivity index (χ2v) is 5.10. The van der Waals surface area contributed by atoms with Gasteiger partial charge in [-0.1, -0.05) is 38.5 Å². The molecule has 19 heavy (non-hydrogen) atoms. The molecule has 2 N–H and O–H groups in total. The van der Waals surface area contributed by atoms with E-state index in [-0.39, 0.29) is 11.9 Å². The van der Waals surface area contributed by atoms with Crippen molar-refractivity contribution in [2.24, 2.45) is 11.8 Å². The Hall–Kier alpha value is -1.35. The largest absolute Gasteiger partial charge is 0.325 e. The molecule has 0 radical (unpaired) electrons. The van der Waals surface area contributed by atoms with Gasteiger partial charge in [-0.3, -0.25) is 4.79 Å². The van der Waals surface area contributed by atoms with E-state index in [4.69, 9.17) is 0 Å². The van der Waals surface area contributed by atoms with Gasteiger partial charge in [-0.2, -0.15) is 0 Å². The second kappa shape index (κ2) is 6.71. The van der Waals surface area contributed by atoms with Gasteiger partial charge in [0.15, 0.2) is 0 Å². The summed E-state index contributed by atoms with van der Waals surface area (Å²) in [5, 5.41) is 6.36. The molecule has 1 saturated carbocycles. The quantitative estimate of drug-likeness (QED) is 0.858. The summed E-state index contributed by atoms with van der Waals surface area (Å²) in [6.07, 6.45) is 3.77. The predicted octanol–water partition coefficient (Wildman–Crippen LogP) is 3.04. The van der Waals surface area contributed by atoms with Crippen molar-refractivity contribution in [2.75, 3.05) is 11.9 Å². The fourth-order valence-corrected chi connectivity index (χ4v) is 3.22. The molecule has 1 amide bonds. The van der Waals surface area contributed by atoms with Crippen molar-refractivity contribution in [1.29, 1.82) is 0 Å². The number of benzene rings is 1. The minimum Gasteiger partial charge on any atom is -0.325 e. The molecule has 1 aromatic rings. The average molecular weight is 260 g/mol. The molecular formula is C16H24N2O. The molecule has 1 aromatic carbocycles. The zero-order chi connectivity index (χ0) is 13.7. The molecule has 1 aliphatic carbocycles. The van der Waals surface area contributed by atoms with Crippen LogP contribution >= 0.6 is 0 Å². The molecule has 2 fully saturated rings. The lowest BCUT2D eigenvalue weighted by molar-refractivity contribution is -0.118. The van der Waals surface area contributed by atoms with Crippen LogP contribution in [0.3, 0.4) is 0 Å². The summed E-state index contributed by atoms with van der Waals surface area (Å²) in [6, 6.07) is 9.71. The maximum absolute atomic E-state index is 12.2. The van der Waals surface area contributed by atoms with Gasteiger partial charge in [0.1, 0.15) is 0 Å². The third kappa shape index (κ3) is 3.16. The Balaban J connectivity index is 0.000000637. The van der Waals surface area contributed by atoms with E-state index in [9.17, 15) is 4.79 Å². The fraction of sp³-hybridized carbons (Fsp3) is 0.562. The number of para-hydroxylation sites is 1. The van der Waals surface area contributed by atoms with Crippen LogP contribution in [0.25, 0.3) is 0 Å². The lowest BCUT2D eigenvalue weighted by Crippen LogP contribution is -2.39. The van der Waals surface area contributed by atoms with E-state index in [0.29, 0.717) is 5.92 Å². The van der Waals surface area contributed by atoms with E-state index < -0.39 is 0 Å². The molecule has 0 spiro atoms. The van der Waals surface area contributed by atoms with Gasteiger partial charge in [-0.05, 0) is 43.4 Å². The lowest BCUT2D eigenvalue weighted by atomic mass is 9.93. The van der Waals surface area contributed by atoms with Crippen molar-refractivity contribution >= 4 is 11.6 Å². The van der Waals surface area contributed by atoms with E-state index in [1.54, 1.807) is 0 Å². The average Bonchev–Trinajstić information content (AvgIpc) is 3.04. The Labute approximate surface area is 115 Å². The van der Waals surface area contributed by atoms with Gasteiger partial charge < -0.3 is 10.6 Å². The van der Waals surface area contributed by atoms with Gasteiger partial charge in [0.2, 0.25) is 5.91 Å². The van der Waals surface area contributed by atoms with Crippen LogP contribution in [0.4, 0.5) is 5.69 Å². The first-order chi connectivity index (χ1) is 9.34. The summed E-state index contributed by atoms with van der Waals surface area (Å²) < 4.78 is 0. The zero-order valence-corrected chi connectivity index (χ0v) is 11.9. The molecular weight excluding hydrogens is 236 g/mol. The SMILES string of the molecule is CC.O=C(Nc1ccccc1)C1NCC2CCCC21. The van der Waals surface area contributed by atoms with Crippen LogP contribution < -0.4 is 10.6 Å². The van der Waals surface area contributed by atoms with Crippen molar-refractivity contribution in [3.05, 3.63) is 30.3 Å². The molecule has 3 unspecified atom stereocenters. The van der Waals surface area contributed by atoms with Crippen molar-refractivity contribution in [3.8, 4) is 0 Å². The maximum atomic E-state index is 12.2. The molecule has 0 bridgehead atoms. The van der Waals surface area contributed by atoms with E-state index in [1.807, 2.05) is 44.2 Å². The third-order valence-electron chi connectivity index (χ3n) is 4.07. The van der Waals surface area contributed by atoms with Crippen molar-refractivity contribution in [2.45, 2.75) is 39.2 Å². The summed E-state index contributed by atoms with van der Waals surface area (Å²) in [4.78, 5) is 12.2. The van der Waals surface area contributed by atoms with Gasteiger partial charge in [0, 0.05) is 5.69 Å². The number of hydrogen-bond donors (Lipinski definition) is 2. The molecule has 1 aliphatic heterocycles. The fourth-order valence-electron chi connectivity index (χ4n) is 3.22. The molecule has 3 heteroatoms. The van der Waals surface area contributed by atoms with Crippen LogP contribution in [0.2, 0.25) is 0 Å². The number of rotatable bonds is 2. The molecule has 3 rings (SSSR count). The van der Waals surface area contributed by atoms with Crippen molar-refractivity contribution < 1.29 is 4.79 Å². The highest BCUT2D eigenvalue weighted by molar-refractivity contribution is 5.95. The van der Waals surface area contributed by atoms with Crippen LogP contribution in [-0.2, 0) is 4.79 Å². The normalized spacial score (nSPS) is 28.2. The highest BCUT2D eigenvalue weighted by atomic mass is 16.2. The topological polar surface area (TPSA) is 41.1 Å². The number of fused-ring (bicyclic) bond motifs is 1. The highest BCUT2D eigenvalue weighted by Crippen LogP contribution is 2.37. The van der Waals surface area contributed by atoms with Gasteiger partial charge in [0.25, 0.3) is 0 Å². The van der Waals surface area contributed by atoms with Gasteiger partial charge in [-0.25, -0.2) is 0 Å². The monoisotopic (exact) mass is 260 g/mol. The molecule has 1 heterocycles. The summed E-state index contributed by atoms with van der Waals surface area (Å²) in [6.45, 7) is 5.01. The van der Waals surface area contributed by atoms with Gasteiger partial charge >= 0.3 is 0 Å². The van der Waals surface area contributed by atoms with Gasteiger partial charge in [0.05, 0.1) is 6.04 Å². The Morgan fingerprint density at radius 3 is 2.68 bits per heavy atom. The number of anilines is 1. The molecule has 2 aliphatic rings. The van der Waals surface area contributed by atoms with Crippen LogP contribution in [0, 0.1) is 11.8 Å². The summed E-state index contributed by atoms with van der Waals surface area (Å²) in [7, 11) is 0. The zero-order valence-electron chi connectivity index (χ0n) is 11.9. The first-order valence-corrected chi connectivity index (χ1v) is 7.44. The van der Waals surface area contributed by atoms with Crippen molar-refractivity contribution in [3.63, 3.8) is 0 Å². The number of hydrogen-bond acceptors (Lipinski definition) is 2. The van der Waals surface area contributed by atoms with Crippen LogP contribution in [-0.4, -0.2) is 18.5 Å². The maximum Gasteiger partial charge on any atom is 0.241 e. The Morgan fingerprint density at radius 1 is 1.21 bits per heavy atom. The first-order valence-electron chi connectivity index (χ1n) is 7.44. The van der Waals surface area contributed by atoms with Crippen LogP contribution in [0.5, 0.6) is 0 Å². The molecule has 104 valence electrons. The minimum atomic E-state index is 0.0164. The standard InChI is InChI=1S/C14H18N2O.C2H6/c17-14(16-11-6-2-1-3-7-11)13-12-8-4-5-10(12)9-15-13;1-2/h1-3,6-7,10,12-13,15H,4-5,8-9H2,(H,16,17);1-2H3.